The first-order chi connectivity index (χ1) is 15.1. The third-order valence-corrected chi connectivity index (χ3v) is 6.48. The zero-order valence-corrected chi connectivity index (χ0v) is 22.3. The number of aliphatic imine (C=N–C) groups is 1. The Morgan fingerprint density at radius 3 is 2.56 bits per heavy atom. The van der Waals surface area contributed by atoms with Crippen molar-refractivity contribution in [2.45, 2.75) is 39.7 Å². The summed E-state index contributed by atoms with van der Waals surface area (Å²) in [6.07, 6.45) is 1.85. The fourth-order valence-electron chi connectivity index (χ4n) is 3.74. The van der Waals surface area contributed by atoms with Crippen molar-refractivity contribution < 1.29 is 9.13 Å². The molecular weight excluding hydrogens is 540 g/mol. The number of halogens is 2. The van der Waals surface area contributed by atoms with Crippen molar-refractivity contribution in [1.82, 2.24) is 20.5 Å². The minimum atomic E-state index is -0.216. The predicted molar refractivity (Wildman–Crippen MR) is 141 cm³/mol. The highest BCUT2D eigenvalue weighted by atomic mass is 127. The first kappa shape index (κ1) is 26.9. The second-order valence-electron chi connectivity index (χ2n) is 7.58. The molecule has 1 aromatic carbocycles. The number of guanidine groups is 1. The topological polar surface area (TPSA) is 61.8 Å². The van der Waals surface area contributed by atoms with Gasteiger partial charge in [0.2, 0.25) is 0 Å². The van der Waals surface area contributed by atoms with Gasteiger partial charge in [-0.15, -0.1) is 35.3 Å². The Bertz CT molecular complexity index is 839. The molecule has 0 amide bonds. The predicted octanol–water partition coefficient (Wildman–Crippen LogP) is 3.94. The van der Waals surface area contributed by atoms with Gasteiger partial charge < -0.3 is 15.4 Å². The largest absolute Gasteiger partial charge is 0.379 e. The first-order valence-corrected chi connectivity index (χ1v) is 12.0. The molecule has 1 aromatic heterocycles. The monoisotopic (exact) mass is 575 g/mol. The van der Waals surface area contributed by atoms with Crippen molar-refractivity contribution in [3.8, 4) is 0 Å². The van der Waals surface area contributed by atoms with Gasteiger partial charge in [-0.2, -0.15) is 0 Å². The van der Waals surface area contributed by atoms with E-state index in [1.807, 2.05) is 12.1 Å². The van der Waals surface area contributed by atoms with E-state index < -0.39 is 0 Å². The van der Waals surface area contributed by atoms with Crippen LogP contribution in [0.25, 0.3) is 0 Å². The summed E-state index contributed by atoms with van der Waals surface area (Å²) in [7, 11) is 0. The lowest BCUT2D eigenvalue weighted by Crippen LogP contribution is -2.42. The van der Waals surface area contributed by atoms with Crippen LogP contribution in [0.15, 0.2) is 29.3 Å². The van der Waals surface area contributed by atoms with Crippen molar-refractivity contribution in [3.63, 3.8) is 0 Å². The summed E-state index contributed by atoms with van der Waals surface area (Å²) in [4.78, 5) is 13.3. The van der Waals surface area contributed by atoms with Gasteiger partial charge in [0.25, 0.3) is 0 Å². The molecule has 1 atom stereocenters. The van der Waals surface area contributed by atoms with Gasteiger partial charge in [0.05, 0.1) is 36.5 Å². The third-order valence-electron chi connectivity index (χ3n) is 5.41. The second-order valence-corrected chi connectivity index (χ2v) is 8.86. The summed E-state index contributed by atoms with van der Waals surface area (Å²) >= 11 is 1.78. The zero-order chi connectivity index (χ0) is 22.1. The smallest absolute Gasteiger partial charge is 0.191 e. The molecule has 1 aliphatic rings. The maximum absolute atomic E-state index is 13.4. The Kier molecular flexibility index (Phi) is 11.8. The Morgan fingerprint density at radius 1 is 1.22 bits per heavy atom. The molecule has 0 saturated carbocycles. The van der Waals surface area contributed by atoms with E-state index in [1.54, 1.807) is 11.3 Å². The molecule has 6 nitrogen and oxygen atoms in total. The van der Waals surface area contributed by atoms with E-state index in [-0.39, 0.29) is 35.8 Å². The average molecular weight is 576 g/mol. The summed E-state index contributed by atoms with van der Waals surface area (Å²) in [6, 6.07) is 6.87. The minimum absolute atomic E-state index is 0. The lowest BCUT2D eigenvalue weighted by Gasteiger charge is -2.34. The van der Waals surface area contributed by atoms with Crippen LogP contribution in [0.3, 0.4) is 0 Å². The highest BCUT2D eigenvalue weighted by Gasteiger charge is 2.22. The molecule has 1 saturated heterocycles. The average Bonchev–Trinajstić information content (AvgIpc) is 3.15. The number of benzene rings is 1. The van der Waals surface area contributed by atoms with Gasteiger partial charge in [0.1, 0.15) is 5.82 Å². The number of nitrogens with zero attached hydrogens (tertiary/aromatic N) is 3. The van der Waals surface area contributed by atoms with Gasteiger partial charge in [-0.05, 0) is 38.0 Å². The Balaban J connectivity index is 0.00000363. The van der Waals surface area contributed by atoms with Gasteiger partial charge in [0, 0.05) is 37.5 Å². The van der Waals surface area contributed by atoms with E-state index in [1.165, 1.54) is 22.7 Å². The minimum Gasteiger partial charge on any atom is -0.379 e. The van der Waals surface area contributed by atoms with Gasteiger partial charge in [-0.1, -0.05) is 19.1 Å². The molecule has 9 heteroatoms. The lowest BCUT2D eigenvalue weighted by molar-refractivity contribution is 0.0179. The molecule has 3 rings (SSSR count). The number of hydrogen-bond acceptors (Lipinski definition) is 5. The van der Waals surface area contributed by atoms with Crippen LogP contribution < -0.4 is 10.6 Å². The van der Waals surface area contributed by atoms with E-state index in [4.69, 9.17) is 14.7 Å². The normalized spacial score (nSPS) is 15.8. The number of morpholine rings is 1. The molecule has 32 heavy (non-hydrogen) atoms. The van der Waals surface area contributed by atoms with Crippen LogP contribution in [0, 0.1) is 12.7 Å². The zero-order valence-electron chi connectivity index (χ0n) is 19.2. The Labute approximate surface area is 212 Å². The second kappa shape index (κ2) is 14.1. The molecule has 1 aliphatic heterocycles. The van der Waals surface area contributed by atoms with Crippen LogP contribution in [0.5, 0.6) is 0 Å². The molecule has 1 fully saturated rings. The third kappa shape index (κ3) is 7.93. The summed E-state index contributed by atoms with van der Waals surface area (Å²) in [6.45, 7) is 11.6. The summed E-state index contributed by atoms with van der Waals surface area (Å²) in [5, 5.41) is 7.93. The molecule has 2 aromatic rings. The highest BCUT2D eigenvalue weighted by molar-refractivity contribution is 14.0. The van der Waals surface area contributed by atoms with E-state index in [2.05, 4.69) is 36.3 Å². The lowest BCUT2D eigenvalue weighted by atomic mass is 10.0. The van der Waals surface area contributed by atoms with Crippen molar-refractivity contribution in [2.75, 3.05) is 45.9 Å². The molecule has 0 bridgehead atoms. The van der Waals surface area contributed by atoms with Crippen LogP contribution in [0.2, 0.25) is 0 Å². The van der Waals surface area contributed by atoms with Gasteiger partial charge in [0.15, 0.2) is 5.96 Å². The van der Waals surface area contributed by atoms with Crippen molar-refractivity contribution in [3.05, 3.63) is 51.2 Å². The molecule has 0 aliphatic carbocycles. The van der Waals surface area contributed by atoms with Gasteiger partial charge >= 0.3 is 0 Å². The number of aromatic nitrogens is 1. The van der Waals surface area contributed by atoms with E-state index in [0.29, 0.717) is 19.8 Å². The van der Waals surface area contributed by atoms with Crippen molar-refractivity contribution in [1.29, 1.82) is 0 Å². The Hall–Kier alpha value is -1.30. The van der Waals surface area contributed by atoms with E-state index in [9.17, 15) is 4.39 Å². The van der Waals surface area contributed by atoms with Crippen LogP contribution >= 0.6 is 35.3 Å². The molecule has 0 radical (unpaired) electrons. The standard InChI is InChI=1S/C23H34FN5OS.HI/c1-4-20-17(3)31-22(28-20)10-11-26-23(25-5-2)27-16-21(29-12-14-30-15-13-29)18-6-8-19(24)9-7-18;/h6-9,21H,4-5,10-16H2,1-3H3,(H2,25,26,27);1H. The Morgan fingerprint density at radius 2 is 1.94 bits per heavy atom. The molecule has 2 N–H and O–H groups in total. The summed E-state index contributed by atoms with van der Waals surface area (Å²) < 4.78 is 19.0. The van der Waals surface area contributed by atoms with E-state index in [0.717, 1.165) is 55.6 Å². The molecule has 2 heterocycles. The summed E-state index contributed by atoms with van der Waals surface area (Å²) in [5.41, 5.74) is 2.28. The van der Waals surface area contributed by atoms with Gasteiger partial charge in [-0.25, -0.2) is 9.37 Å². The van der Waals surface area contributed by atoms with Gasteiger partial charge in [-0.3, -0.25) is 9.89 Å². The SMILES string of the molecule is CCNC(=NCC(c1ccc(F)cc1)N1CCOCC1)NCCc1nc(CC)c(C)s1.I. The number of thiazole rings is 1. The molecule has 178 valence electrons. The first-order valence-electron chi connectivity index (χ1n) is 11.1. The van der Waals surface area contributed by atoms with Crippen molar-refractivity contribution >= 4 is 41.3 Å². The number of ether oxygens (including phenoxy) is 1. The highest BCUT2D eigenvalue weighted by Crippen LogP contribution is 2.23. The van der Waals surface area contributed by atoms with E-state index >= 15 is 0 Å². The van der Waals surface area contributed by atoms with Crippen LogP contribution in [0.1, 0.15) is 41.0 Å². The molecular formula is C23H35FIN5OS. The quantitative estimate of drug-likeness (QED) is 0.270. The number of rotatable bonds is 9. The molecule has 1 unspecified atom stereocenters. The fraction of sp³-hybridized carbons (Fsp3) is 0.565. The maximum Gasteiger partial charge on any atom is 0.191 e. The molecule has 0 spiro atoms. The fourth-order valence-corrected chi connectivity index (χ4v) is 4.76. The summed E-state index contributed by atoms with van der Waals surface area (Å²) in [5.74, 6) is 0.582. The number of nitrogens with one attached hydrogen (secondary N) is 2. The maximum atomic E-state index is 13.4. The van der Waals surface area contributed by atoms with Crippen LogP contribution in [-0.2, 0) is 17.6 Å². The van der Waals surface area contributed by atoms with Crippen molar-refractivity contribution in [2.24, 2.45) is 4.99 Å². The number of aryl methyl sites for hydroxylation is 2. The van der Waals surface area contributed by atoms with Crippen LogP contribution in [0.4, 0.5) is 4.39 Å². The number of hydrogen-bond donors (Lipinski definition) is 2. The van der Waals surface area contributed by atoms with Crippen LogP contribution in [-0.4, -0.2) is 61.8 Å².